The predicted octanol–water partition coefficient (Wildman–Crippen LogP) is 3.08. The first-order valence-electron chi connectivity index (χ1n) is 9.90. The molecule has 4 heterocycles. The molecule has 8 nitrogen and oxygen atoms in total. The van der Waals surface area contributed by atoms with Crippen LogP contribution in [0.1, 0.15) is 59.7 Å². The largest absolute Gasteiger partial charge is 0.453 e. The zero-order valence-corrected chi connectivity index (χ0v) is 16.7. The minimum atomic E-state index is -4.62. The molecule has 3 aromatic heterocycles. The molecule has 0 bridgehead atoms. The van der Waals surface area contributed by atoms with Crippen molar-refractivity contribution in [2.45, 2.75) is 51.7 Å². The third-order valence-electron chi connectivity index (χ3n) is 5.35. The Hall–Kier alpha value is -2.98. The smallest absolute Gasteiger partial charge is 0.338 e. The Labute approximate surface area is 170 Å². The van der Waals surface area contributed by atoms with Gasteiger partial charge in [-0.3, -0.25) is 9.48 Å². The number of likely N-dealkylation sites (tertiary alicyclic amines) is 1. The van der Waals surface area contributed by atoms with Crippen LogP contribution in [-0.2, 0) is 12.7 Å². The Morgan fingerprint density at radius 3 is 2.63 bits per heavy atom. The third-order valence-corrected chi connectivity index (χ3v) is 5.35. The fraction of sp³-hybridized carbons (Fsp3) is 0.526. The molecule has 3 aromatic rings. The summed E-state index contributed by atoms with van der Waals surface area (Å²) < 4.78 is 41.9. The van der Waals surface area contributed by atoms with Crippen molar-refractivity contribution >= 4 is 11.7 Å². The van der Waals surface area contributed by atoms with Crippen molar-refractivity contribution in [1.29, 1.82) is 0 Å². The molecule has 1 saturated heterocycles. The van der Waals surface area contributed by atoms with E-state index in [1.54, 1.807) is 21.8 Å². The van der Waals surface area contributed by atoms with E-state index >= 15 is 0 Å². The fourth-order valence-electron chi connectivity index (χ4n) is 3.86. The lowest BCUT2D eigenvalue weighted by molar-refractivity contribution is -0.144. The normalized spacial score (nSPS) is 15.8. The SMILES string of the molecule is CCCn1cc(C(=O)N2CCC(c3ccnc4nc(C(F)(F)F)nn34)CC2)c(C)n1. The number of hydrogen-bond acceptors (Lipinski definition) is 5. The van der Waals surface area contributed by atoms with Gasteiger partial charge < -0.3 is 4.90 Å². The average Bonchev–Trinajstić information content (AvgIpc) is 3.31. The Bertz CT molecular complexity index is 1060. The van der Waals surface area contributed by atoms with Crippen molar-refractivity contribution in [3.05, 3.63) is 41.2 Å². The number of fused-ring (bicyclic) bond motifs is 1. The van der Waals surface area contributed by atoms with E-state index in [0.717, 1.165) is 13.0 Å². The van der Waals surface area contributed by atoms with Gasteiger partial charge >= 0.3 is 6.18 Å². The monoisotopic (exact) mass is 421 g/mol. The van der Waals surface area contributed by atoms with E-state index in [0.29, 0.717) is 42.9 Å². The Morgan fingerprint density at radius 2 is 1.97 bits per heavy atom. The number of halogens is 3. The van der Waals surface area contributed by atoms with E-state index in [9.17, 15) is 18.0 Å². The second-order valence-electron chi connectivity index (χ2n) is 7.47. The van der Waals surface area contributed by atoms with Gasteiger partial charge in [0, 0.05) is 37.9 Å². The molecule has 0 N–H and O–H groups in total. The Kier molecular flexibility index (Phi) is 5.20. The van der Waals surface area contributed by atoms with Gasteiger partial charge in [0.25, 0.3) is 17.5 Å². The van der Waals surface area contributed by atoms with Gasteiger partial charge in [-0.15, -0.1) is 5.10 Å². The van der Waals surface area contributed by atoms with Crippen molar-refractivity contribution in [2.75, 3.05) is 13.1 Å². The van der Waals surface area contributed by atoms with Crippen LogP contribution in [0.4, 0.5) is 13.2 Å². The predicted molar refractivity (Wildman–Crippen MR) is 101 cm³/mol. The molecule has 11 heteroatoms. The highest BCUT2D eigenvalue weighted by atomic mass is 19.4. The number of carbonyl (C=O) groups excluding carboxylic acids is 1. The molecule has 0 aliphatic carbocycles. The zero-order chi connectivity index (χ0) is 21.5. The first kappa shape index (κ1) is 20.3. The molecule has 1 aliphatic heterocycles. The summed E-state index contributed by atoms with van der Waals surface area (Å²) in [5, 5.41) is 8.01. The molecule has 1 amide bonds. The maximum absolute atomic E-state index is 13.0. The van der Waals surface area contributed by atoms with Crippen molar-refractivity contribution in [3.63, 3.8) is 0 Å². The molecule has 160 valence electrons. The summed E-state index contributed by atoms with van der Waals surface area (Å²) in [6.07, 6.45) is 0.776. The highest BCUT2D eigenvalue weighted by Gasteiger charge is 2.37. The Morgan fingerprint density at radius 1 is 1.23 bits per heavy atom. The van der Waals surface area contributed by atoms with Crippen LogP contribution < -0.4 is 0 Å². The van der Waals surface area contributed by atoms with Crippen molar-refractivity contribution in [2.24, 2.45) is 0 Å². The molecule has 0 aromatic carbocycles. The number of carbonyl (C=O) groups is 1. The first-order valence-corrected chi connectivity index (χ1v) is 9.90. The molecular formula is C19H22F3N7O. The Balaban J connectivity index is 1.50. The molecule has 0 spiro atoms. The number of amides is 1. The summed E-state index contributed by atoms with van der Waals surface area (Å²) in [4.78, 5) is 22.1. The topological polar surface area (TPSA) is 81.2 Å². The molecule has 30 heavy (non-hydrogen) atoms. The highest BCUT2D eigenvalue weighted by molar-refractivity contribution is 5.95. The highest BCUT2D eigenvalue weighted by Crippen LogP contribution is 2.31. The van der Waals surface area contributed by atoms with Gasteiger partial charge in [-0.1, -0.05) is 6.92 Å². The van der Waals surface area contributed by atoms with Crippen molar-refractivity contribution < 1.29 is 18.0 Å². The lowest BCUT2D eigenvalue weighted by Gasteiger charge is -2.32. The van der Waals surface area contributed by atoms with Gasteiger partial charge in [-0.2, -0.15) is 23.3 Å². The lowest BCUT2D eigenvalue weighted by atomic mass is 9.93. The molecule has 0 atom stereocenters. The minimum Gasteiger partial charge on any atom is -0.338 e. The number of piperidine rings is 1. The number of aryl methyl sites for hydroxylation is 2. The van der Waals surface area contributed by atoms with E-state index in [1.807, 2.05) is 13.8 Å². The maximum Gasteiger partial charge on any atom is 0.453 e. The van der Waals surface area contributed by atoms with Crippen molar-refractivity contribution in [3.8, 4) is 0 Å². The van der Waals surface area contributed by atoms with E-state index < -0.39 is 12.0 Å². The van der Waals surface area contributed by atoms with Crippen LogP contribution in [0.25, 0.3) is 5.78 Å². The van der Waals surface area contributed by atoms with Crippen LogP contribution in [0.15, 0.2) is 18.5 Å². The van der Waals surface area contributed by atoms with Gasteiger partial charge in [0.1, 0.15) is 0 Å². The van der Waals surface area contributed by atoms with E-state index in [4.69, 9.17) is 0 Å². The van der Waals surface area contributed by atoms with Crippen LogP contribution in [0.3, 0.4) is 0 Å². The average molecular weight is 421 g/mol. The van der Waals surface area contributed by atoms with E-state index in [2.05, 4.69) is 20.2 Å². The van der Waals surface area contributed by atoms with Crippen LogP contribution >= 0.6 is 0 Å². The molecule has 1 aliphatic rings. The number of nitrogens with zero attached hydrogens (tertiary/aromatic N) is 7. The van der Waals surface area contributed by atoms with Gasteiger partial charge in [0.05, 0.1) is 17.0 Å². The molecule has 0 unspecified atom stereocenters. The van der Waals surface area contributed by atoms with Gasteiger partial charge in [-0.25, -0.2) is 9.50 Å². The summed E-state index contributed by atoms with van der Waals surface area (Å²) in [5.74, 6) is -1.37. The summed E-state index contributed by atoms with van der Waals surface area (Å²) in [6, 6.07) is 1.67. The molecule has 0 saturated carbocycles. The van der Waals surface area contributed by atoms with E-state index in [-0.39, 0.29) is 17.6 Å². The van der Waals surface area contributed by atoms with Crippen LogP contribution in [-0.4, -0.2) is 53.3 Å². The molecular weight excluding hydrogens is 399 g/mol. The number of aromatic nitrogens is 6. The van der Waals surface area contributed by atoms with E-state index in [1.165, 1.54) is 10.7 Å². The second-order valence-corrected chi connectivity index (χ2v) is 7.47. The molecule has 0 radical (unpaired) electrons. The van der Waals surface area contributed by atoms with Crippen LogP contribution in [0.5, 0.6) is 0 Å². The standard InChI is InChI=1S/C19H22F3N7O/c1-3-8-28-11-14(12(2)25-28)16(30)27-9-5-13(6-10-27)15-4-7-23-18-24-17(19(20,21)22)26-29(15)18/h4,7,11,13H,3,5-6,8-10H2,1-2H3. The fourth-order valence-corrected chi connectivity index (χ4v) is 3.86. The number of rotatable bonds is 4. The second kappa shape index (κ2) is 7.69. The third kappa shape index (κ3) is 3.75. The van der Waals surface area contributed by atoms with Gasteiger partial charge in [0.2, 0.25) is 0 Å². The summed E-state index contributed by atoms with van der Waals surface area (Å²) >= 11 is 0. The van der Waals surface area contributed by atoms with Crippen LogP contribution in [0.2, 0.25) is 0 Å². The maximum atomic E-state index is 13.0. The summed E-state index contributed by atoms with van der Waals surface area (Å²) in [6.45, 7) is 5.64. The quantitative estimate of drug-likeness (QED) is 0.647. The summed E-state index contributed by atoms with van der Waals surface area (Å²) in [5.41, 5.74) is 1.93. The van der Waals surface area contributed by atoms with Crippen LogP contribution in [0, 0.1) is 6.92 Å². The first-order chi connectivity index (χ1) is 14.3. The van der Waals surface area contributed by atoms with Crippen molar-refractivity contribution in [1.82, 2.24) is 34.3 Å². The number of hydrogen-bond donors (Lipinski definition) is 0. The lowest BCUT2D eigenvalue weighted by Crippen LogP contribution is -2.38. The van der Waals surface area contributed by atoms with Gasteiger partial charge in [-0.05, 0) is 32.3 Å². The van der Waals surface area contributed by atoms with Gasteiger partial charge in [0.15, 0.2) is 0 Å². The number of alkyl halides is 3. The molecule has 1 fully saturated rings. The minimum absolute atomic E-state index is 0.0359. The molecule has 4 rings (SSSR count). The zero-order valence-electron chi connectivity index (χ0n) is 16.7. The summed E-state index contributed by atoms with van der Waals surface area (Å²) in [7, 11) is 0.